The normalized spacial score (nSPS) is 15.7. The van der Waals surface area contributed by atoms with E-state index in [9.17, 15) is 22.4 Å². The van der Waals surface area contributed by atoms with Crippen molar-refractivity contribution in [1.82, 2.24) is 9.47 Å². The predicted octanol–water partition coefficient (Wildman–Crippen LogP) is 2.20. The maximum Gasteiger partial charge on any atom is 0.420 e. The third kappa shape index (κ3) is 3.69. The van der Waals surface area contributed by atoms with Crippen LogP contribution in [0.3, 0.4) is 0 Å². The average Bonchev–Trinajstić information content (AvgIpc) is 3.03. The van der Waals surface area contributed by atoms with E-state index in [1.165, 1.54) is 16.7 Å². The van der Waals surface area contributed by atoms with E-state index < -0.39 is 26.7 Å². The number of hydrogen-bond acceptors (Lipinski definition) is 5. The van der Waals surface area contributed by atoms with Gasteiger partial charge in [-0.05, 0) is 49.2 Å². The molecule has 1 aromatic heterocycles. The first-order valence-electron chi connectivity index (χ1n) is 9.22. The van der Waals surface area contributed by atoms with Crippen LogP contribution < -0.4 is 5.76 Å². The van der Waals surface area contributed by atoms with Gasteiger partial charge in [-0.3, -0.25) is 9.36 Å². The Balaban J connectivity index is 1.44. The zero-order valence-electron chi connectivity index (χ0n) is 15.5. The molecule has 0 unspecified atom stereocenters. The largest absolute Gasteiger partial charge is 0.420 e. The van der Waals surface area contributed by atoms with Crippen LogP contribution in [0.2, 0.25) is 0 Å². The Bertz CT molecular complexity index is 1210. The van der Waals surface area contributed by atoms with Crippen LogP contribution in [0, 0.1) is 5.82 Å². The number of aromatic nitrogens is 1. The van der Waals surface area contributed by atoms with Crippen LogP contribution in [-0.4, -0.2) is 42.1 Å². The Morgan fingerprint density at radius 1 is 1.07 bits per heavy atom. The fourth-order valence-corrected chi connectivity index (χ4v) is 5.36. The van der Waals surface area contributed by atoms with Gasteiger partial charge in [0.2, 0.25) is 5.91 Å². The van der Waals surface area contributed by atoms with Gasteiger partial charge in [-0.1, -0.05) is 12.1 Å². The highest BCUT2D eigenvalue weighted by molar-refractivity contribution is 7.92. The quantitative estimate of drug-likeness (QED) is 0.606. The number of carbonyl (C=O) groups excluding carboxylic acids is 1. The molecular formula is C20H19FN2O5S. The summed E-state index contributed by atoms with van der Waals surface area (Å²) in [6, 6.07) is 11.6. The molecule has 0 N–H and O–H groups in total. The van der Waals surface area contributed by atoms with Crippen molar-refractivity contribution in [3.05, 3.63) is 64.9 Å². The van der Waals surface area contributed by atoms with Crippen LogP contribution >= 0.6 is 0 Å². The lowest BCUT2D eigenvalue weighted by molar-refractivity contribution is -0.132. The van der Waals surface area contributed by atoms with Gasteiger partial charge in [-0.15, -0.1) is 0 Å². The number of amides is 1. The maximum atomic E-state index is 13.1. The van der Waals surface area contributed by atoms with Crippen LogP contribution in [0.5, 0.6) is 0 Å². The van der Waals surface area contributed by atoms with E-state index in [0.29, 0.717) is 11.1 Å². The minimum Gasteiger partial charge on any atom is -0.408 e. The highest BCUT2D eigenvalue weighted by atomic mass is 32.2. The van der Waals surface area contributed by atoms with E-state index in [0.717, 1.165) is 12.1 Å². The zero-order valence-corrected chi connectivity index (χ0v) is 16.3. The molecule has 1 fully saturated rings. The van der Waals surface area contributed by atoms with E-state index in [4.69, 9.17) is 4.42 Å². The number of para-hydroxylation sites is 2. The number of fused-ring (bicyclic) bond motifs is 1. The van der Waals surface area contributed by atoms with E-state index in [1.807, 2.05) is 0 Å². The topological polar surface area (TPSA) is 89.6 Å². The molecule has 0 radical (unpaired) electrons. The Labute approximate surface area is 166 Å². The number of piperidine rings is 1. The molecule has 152 valence electrons. The number of nitrogens with zero attached hydrogens (tertiary/aromatic N) is 2. The minimum atomic E-state index is -3.59. The second kappa shape index (κ2) is 7.47. The van der Waals surface area contributed by atoms with Gasteiger partial charge in [-0.2, -0.15) is 0 Å². The van der Waals surface area contributed by atoms with Crippen molar-refractivity contribution < 1.29 is 22.0 Å². The summed E-state index contributed by atoms with van der Waals surface area (Å²) < 4.78 is 45.0. The first kappa shape index (κ1) is 19.4. The van der Waals surface area contributed by atoms with Crippen LogP contribution in [0.25, 0.3) is 11.1 Å². The van der Waals surface area contributed by atoms with Gasteiger partial charge in [0, 0.05) is 13.1 Å². The first-order chi connectivity index (χ1) is 13.9. The lowest BCUT2D eigenvalue weighted by Crippen LogP contribution is -2.44. The molecule has 1 saturated heterocycles. The molecule has 3 aromatic rings. The number of carbonyl (C=O) groups is 1. The first-order valence-corrected chi connectivity index (χ1v) is 10.8. The molecular weight excluding hydrogens is 399 g/mol. The second-order valence-corrected chi connectivity index (χ2v) is 9.23. The summed E-state index contributed by atoms with van der Waals surface area (Å²) >= 11 is 0. The molecule has 29 heavy (non-hydrogen) atoms. The SMILES string of the molecule is O=C(Cn1c(=O)oc2ccccc21)N1CCC(S(=O)(=O)c2ccc(F)cc2)CC1. The lowest BCUT2D eigenvalue weighted by atomic mass is 10.1. The van der Waals surface area contributed by atoms with Crippen molar-refractivity contribution in [3.8, 4) is 0 Å². The van der Waals surface area contributed by atoms with Gasteiger partial charge in [-0.25, -0.2) is 17.6 Å². The van der Waals surface area contributed by atoms with Crippen molar-refractivity contribution in [3.63, 3.8) is 0 Å². The zero-order chi connectivity index (χ0) is 20.6. The Kier molecular flexibility index (Phi) is 4.99. The van der Waals surface area contributed by atoms with E-state index >= 15 is 0 Å². The summed E-state index contributed by atoms with van der Waals surface area (Å²) in [5.41, 5.74) is 0.953. The van der Waals surface area contributed by atoms with E-state index in [2.05, 4.69) is 0 Å². The number of oxazole rings is 1. The molecule has 1 amide bonds. The van der Waals surface area contributed by atoms with Gasteiger partial charge < -0.3 is 9.32 Å². The predicted molar refractivity (Wildman–Crippen MR) is 104 cm³/mol. The summed E-state index contributed by atoms with van der Waals surface area (Å²) in [5, 5.41) is -0.630. The van der Waals surface area contributed by atoms with Crippen LogP contribution in [-0.2, 0) is 21.2 Å². The number of benzene rings is 2. The molecule has 4 rings (SSSR count). The van der Waals surface area contributed by atoms with Gasteiger partial charge in [0.15, 0.2) is 15.4 Å². The van der Waals surface area contributed by atoms with Crippen LogP contribution in [0.15, 0.2) is 62.6 Å². The van der Waals surface area contributed by atoms with Crippen LogP contribution in [0.4, 0.5) is 4.39 Å². The molecule has 0 aliphatic carbocycles. The standard InChI is InChI=1S/C20H19FN2O5S/c21-14-5-7-15(8-6-14)29(26,27)16-9-11-22(12-10-16)19(24)13-23-17-3-1-2-4-18(17)28-20(23)25/h1-8,16H,9-13H2. The molecule has 1 aliphatic rings. The van der Waals surface area contributed by atoms with Crippen molar-refractivity contribution in [2.45, 2.75) is 29.5 Å². The summed E-state index contributed by atoms with van der Waals surface area (Å²) in [7, 11) is -3.59. The number of sulfone groups is 1. The van der Waals surface area contributed by atoms with E-state index in [1.54, 1.807) is 29.2 Å². The number of hydrogen-bond donors (Lipinski definition) is 0. The highest BCUT2D eigenvalue weighted by Gasteiger charge is 2.33. The minimum absolute atomic E-state index is 0.0834. The fraction of sp³-hybridized carbons (Fsp3) is 0.300. The summed E-state index contributed by atoms with van der Waals surface area (Å²) in [6.07, 6.45) is 0.568. The smallest absolute Gasteiger partial charge is 0.408 e. The summed E-state index contributed by atoms with van der Waals surface area (Å²) in [4.78, 5) is 26.3. The Morgan fingerprint density at radius 2 is 1.72 bits per heavy atom. The molecule has 1 aliphatic heterocycles. The van der Waals surface area contributed by atoms with Crippen molar-refractivity contribution >= 4 is 26.8 Å². The van der Waals surface area contributed by atoms with Crippen molar-refractivity contribution in [1.29, 1.82) is 0 Å². The molecule has 2 heterocycles. The molecule has 0 saturated carbocycles. The monoisotopic (exact) mass is 418 g/mol. The summed E-state index contributed by atoms with van der Waals surface area (Å²) in [6.45, 7) is 0.383. The van der Waals surface area contributed by atoms with Crippen molar-refractivity contribution in [2.75, 3.05) is 13.1 Å². The second-order valence-electron chi connectivity index (χ2n) is 7.00. The highest BCUT2D eigenvalue weighted by Crippen LogP contribution is 2.25. The number of likely N-dealkylation sites (tertiary alicyclic amines) is 1. The number of rotatable bonds is 4. The molecule has 2 aromatic carbocycles. The molecule has 9 heteroatoms. The molecule has 0 spiro atoms. The third-order valence-electron chi connectivity index (χ3n) is 5.24. The van der Waals surface area contributed by atoms with Crippen molar-refractivity contribution in [2.24, 2.45) is 0 Å². The summed E-state index contributed by atoms with van der Waals surface area (Å²) in [5.74, 6) is -1.36. The molecule has 7 nitrogen and oxygen atoms in total. The number of halogens is 1. The fourth-order valence-electron chi connectivity index (χ4n) is 3.63. The Morgan fingerprint density at radius 3 is 2.41 bits per heavy atom. The van der Waals surface area contributed by atoms with Gasteiger partial charge >= 0.3 is 5.76 Å². The van der Waals surface area contributed by atoms with Gasteiger partial charge in [0.25, 0.3) is 0 Å². The van der Waals surface area contributed by atoms with Gasteiger partial charge in [0.1, 0.15) is 12.4 Å². The lowest BCUT2D eigenvalue weighted by Gasteiger charge is -2.31. The average molecular weight is 418 g/mol. The Hall–Kier alpha value is -2.94. The van der Waals surface area contributed by atoms with E-state index in [-0.39, 0.29) is 43.3 Å². The molecule has 0 atom stereocenters. The third-order valence-corrected chi connectivity index (χ3v) is 7.52. The molecule has 0 bridgehead atoms. The maximum absolute atomic E-state index is 13.1. The van der Waals surface area contributed by atoms with Crippen LogP contribution in [0.1, 0.15) is 12.8 Å². The van der Waals surface area contributed by atoms with Gasteiger partial charge in [0.05, 0.1) is 15.7 Å².